The molecule has 6 nitrogen and oxygen atoms in total. The number of hydrogen-bond acceptors (Lipinski definition) is 6. The van der Waals surface area contributed by atoms with Gasteiger partial charge in [0, 0.05) is 16.0 Å². The van der Waals surface area contributed by atoms with Crippen molar-refractivity contribution in [3.8, 4) is 5.75 Å². The summed E-state index contributed by atoms with van der Waals surface area (Å²) in [6.07, 6.45) is 0.892. The van der Waals surface area contributed by atoms with Gasteiger partial charge in [0.15, 0.2) is 0 Å². The van der Waals surface area contributed by atoms with Crippen LogP contribution in [0.4, 0.5) is 5.69 Å². The number of benzene rings is 2. The number of carbonyl (C=O) groups excluding carboxylic acids is 2. The molecule has 178 valence electrons. The van der Waals surface area contributed by atoms with Crippen molar-refractivity contribution in [3.63, 3.8) is 0 Å². The Balaban J connectivity index is 1.31. The molecule has 3 fully saturated rings. The molecular formula is C27H24N2O4S2. The Labute approximate surface area is 210 Å². The van der Waals surface area contributed by atoms with Crippen LogP contribution in [-0.4, -0.2) is 29.2 Å². The number of ether oxygens (including phenoxy) is 1. The third kappa shape index (κ3) is 2.93. The summed E-state index contributed by atoms with van der Waals surface area (Å²) in [5.41, 5.74) is 2.90. The lowest BCUT2D eigenvalue weighted by molar-refractivity contribution is -0.123. The number of aromatic nitrogens is 1. The summed E-state index contributed by atoms with van der Waals surface area (Å²) in [7, 11) is 1.65. The van der Waals surface area contributed by atoms with Gasteiger partial charge in [0.1, 0.15) is 5.75 Å². The molecule has 0 radical (unpaired) electrons. The highest BCUT2D eigenvalue weighted by molar-refractivity contribution is 8.00. The largest absolute Gasteiger partial charge is 0.497 e. The van der Waals surface area contributed by atoms with Gasteiger partial charge in [-0.2, -0.15) is 0 Å². The Morgan fingerprint density at radius 1 is 0.943 bits per heavy atom. The fourth-order valence-electron chi connectivity index (χ4n) is 7.15. The molecule has 1 aromatic heterocycles. The van der Waals surface area contributed by atoms with Crippen LogP contribution >= 0.6 is 23.1 Å². The number of methoxy groups -OCH3 is 1. The van der Waals surface area contributed by atoms with Gasteiger partial charge in [0.05, 0.1) is 29.7 Å². The molecule has 7 atom stereocenters. The van der Waals surface area contributed by atoms with Crippen LogP contribution in [0.25, 0.3) is 0 Å². The van der Waals surface area contributed by atoms with Gasteiger partial charge in [-0.05, 0) is 60.9 Å². The minimum absolute atomic E-state index is 0.0263. The third-order valence-electron chi connectivity index (χ3n) is 8.49. The van der Waals surface area contributed by atoms with E-state index in [0.717, 1.165) is 33.2 Å². The SMILES string of the molecule is COc1ccc([C@H]2c3sc(=O)[nH]c3SC3C4CC(C5C(=O)N(c6ccc(C)cc6)C(=O)C45)C32)cc1. The molecule has 6 unspecified atom stereocenters. The summed E-state index contributed by atoms with van der Waals surface area (Å²) in [6.45, 7) is 2.00. The molecule has 2 aliphatic heterocycles. The number of thiazole rings is 1. The van der Waals surface area contributed by atoms with Crippen molar-refractivity contribution in [2.75, 3.05) is 12.0 Å². The molecule has 35 heavy (non-hydrogen) atoms. The van der Waals surface area contributed by atoms with E-state index in [1.165, 1.54) is 16.2 Å². The zero-order valence-electron chi connectivity index (χ0n) is 19.3. The monoisotopic (exact) mass is 504 g/mol. The zero-order valence-corrected chi connectivity index (χ0v) is 20.9. The average Bonchev–Trinajstić information content (AvgIpc) is 3.59. The number of aryl methyl sites for hydroxylation is 1. The lowest BCUT2D eigenvalue weighted by atomic mass is 9.68. The Hall–Kier alpha value is -2.84. The van der Waals surface area contributed by atoms with Gasteiger partial charge >= 0.3 is 4.87 Å². The highest BCUT2D eigenvalue weighted by Crippen LogP contribution is 2.68. The van der Waals surface area contributed by atoms with Gasteiger partial charge in [-0.1, -0.05) is 41.2 Å². The highest BCUT2D eigenvalue weighted by Gasteiger charge is 2.69. The van der Waals surface area contributed by atoms with E-state index in [9.17, 15) is 14.4 Å². The molecular weight excluding hydrogens is 480 g/mol. The fourth-order valence-corrected chi connectivity index (χ4v) is 10.0. The van der Waals surface area contributed by atoms with Crippen molar-refractivity contribution in [1.82, 2.24) is 4.98 Å². The Bertz CT molecular complexity index is 1410. The predicted molar refractivity (Wildman–Crippen MR) is 135 cm³/mol. The summed E-state index contributed by atoms with van der Waals surface area (Å²) in [5, 5.41) is 1.12. The number of thioether (sulfide) groups is 1. The number of hydrogen-bond donors (Lipinski definition) is 1. The van der Waals surface area contributed by atoms with E-state index < -0.39 is 0 Å². The molecule has 8 heteroatoms. The first-order chi connectivity index (χ1) is 17.0. The molecule has 1 saturated heterocycles. The molecule has 2 amide bonds. The predicted octanol–water partition coefficient (Wildman–Crippen LogP) is 4.43. The second-order valence-corrected chi connectivity index (χ2v) is 12.3. The molecule has 3 aromatic rings. The van der Waals surface area contributed by atoms with Crippen LogP contribution in [0, 0.1) is 36.5 Å². The quantitative estimate of drug-likeness (QED) is 0.534. The maximum absolute atomic E-state index is 13.8. The lowest BCUT2D eigenvalue weighted by Crippen LogP contribution is -2.42. The summed E-state index contributed by atoms with van der Waals surface area (Å²) in [5.74, 6) is 0.598. The third-order valence-corrected chi connectivity index (χ3v) is 11.1. The van der Waals surface area contributed by atoms with Gasteiger partial charge in [-0.3, -0.25) is 19.3 Å². The number of aromatic amines is 1. The van der Waals surface area contributed by atoms with Gasteiger partial charge in [-0.25, -0.2) is 0 Å². The lowest BCUT2D eigenvalue weighted by Gasteiger charge is -2.43. The van der Waals surface area contributed by atoms with Crippen LogP contribution < -0.4 is 14.5 Å². The van der Waals surface area contributed by atoms with Crippen LogP contribution in [0.15, 0.2) is 58.4 Å². The number of anilines is 1. The zero-order chi connectivity index (χ0) is 24.0. The normalized spacial score (nSPS) is 32.5. The highest BCUT2D eigenvalue weighted by atomic mass is 32.2. The second-order valence-electron chi connectivity index (χ2n) is 10.1. The minimum atomic E-state index is -0.284. The van der Waals surface area contributed by atoms with Gasteiger partial charge in [0.2, 0.25) is 11.8 Å². The van der Waals surface area contributed by atoms with Crippen LogP contribution in [-0.2, 0) is 9.59 Å². The summed E-state index contributed by atoms with van der Waals surface area (Å²) in [6, 6.07) is 15.7. The van der Waals surface area contributed by atoms with E-state index in [1.54, 1.807) is 18.9 Å². The fraction of sp³-hybridized carbons (Fsp3) is 0.370. The number of nitrogens with one attached hydrogen (secondary N) is 1. The maximum Gasteiger partial charge on any atom is 0.305 e. The van der Waals surface area contributed by atoms with E-state index in [-0.39, 0.29) is 57.4 Å². The molecule has 2 aromatic carbocycles. The summed E-state index contributed by atoms with van der Waals surface area (Å²) >= 11 is 3.00. The van der Waals surface area contributed by atoms with Crippen molar-refractivity contribution in [1.29, 1.82) is 0 Å². The number of nitrogens with zero attached hydrogens (tertiary/aromatic N) is 1. The number of H-pyrrole nitrogens is 1. The van der Waals surface area contributed by atoms with Crippen molar-refractivity contribution in [2.24, 2.45) is 29.6 Å². The molecule has 2 saturated carbocycles. The van der Waals surface area contributed by atoms with E-state index in [2.05, 4.69) is 17.1 Å². The first kappa shape index (κ1) is 21.4. The number of amides is 2. The first-order valence-electron chi connectivity index (χ1n) is 11.9. The second kappa shape index (κ2) is 7.58. The molecule has 2 bridgehead atoms. The average molecular weight is 505 g/mol. The van der Waals surface area contributed by atoms with E-state index in [4.69, 9.17) is 4.74 Å². The molecule has 2 aliphatic carbocycles. The molecule has 4 aliphatic rings. The van der Waals surface area contributed by atoms with Crippen molar-refractivity contribution in [3.05, 3.63) is 74.2 Å². The molecule has 7 rings (SSSR count). The standard InChI is InChI=1S/C27H24N2O4S2/c1-12-3-7-14(8-4-12)29-25(30)20-16-11-17(21(20)26(29)31)22-19(16)18(13-5-9-15(33-2)10-6-13)23-24(34-22)28-27(32)35-23/h3-10,16-22H,11H2,1-2H3,(H,28,32)/t16?,17?,18-,19?,20?,21?,22?/m1/s1. The molecule has 1 N–H and O–H groups in total. The minimum Gasteiger partial charge on any atom is -0.497 e. The Morgan fingerprint density at radius 2 is 1.63 bits per heavy atom. The topological polar surface area (TPSA) is 79.5 Å². The van der Waals surface area contributed by atoms with Crippen LogP contribution in [0.5, 0.6) is 5.75 Å². The first-order valence-corrected chi connectivity index (χ1v) is 13.6. The Morgan fingerprint density at radius 3 is 2.31 bits per heavy atom. The maximum atomic E-state index is 13.8. The Kier molecular flexibility index (Phi) is 4.64. The number of carbonyl (C=O) groups is 2. The van der Waals surface area contributed by atoms with E-state index >= 15 is 0 Å². The molecule has 0 spiro atoms. The van der Waals surface area contributed by atoms with E-state index in [1.807, 2.05) is 43.3 Å². The van der Waals surface area contributed by atoms with Crippen molar-refractivity contribution >= 4 is 40.6 Å². The van der Waals surface area contributed by atoms with Crippen LogP contribution in [0.3, 0.4) is 0 Å². The summed E-state index contributed by atoms with van der Waals surface area (Å²) < 4.78 is 5.36. The molecule has 3 heterocycles. The smallest absolute Gasteiger partial charge is 0.305 e. The van der Waals surface area contributed by atoms with Crippen LogP contribution in [0.2, 0.25) is 0 Å². The number of rotatable bonds is 3. The van der Waals surface area contributed by atoms with Gasteiger partial charge in [-0.15, -0.1) is 11.8 Å². The van der Waals surface area contributed by atoms with Crippen molar-refractivity contribution in [2.45, 2.75) is 29.5 Å². The van der Waals surface area contributed by atoms with Gasteiger partial charge < -0.3 is 9.72 Å². The summed E-state index contributed by atoms with van der Waals surface area (Å²) in [4.78, 5) is 45.3. The van der Waals surface area contributed by atoms with Crippen molar-refractivity contribution < 1.29 is 14.3 Å². The number of fused-ring (bicyclic) bond motifs is 9. The van der Waals surface area contributed by atoms with E-state index in [0.29, 0.717) is 5.69 Å². The van der Waals surface area contributed by atoms with Crippen LogP contribution in [0.1, 0.15) is 28.3 Å². The van der Waals surface area contributed by atoms with Gasteiger partial charge in [0.25, 0.3) is 0 Å². The number of imide groups is 1.